The van der Waals surface area contributed by atoms with E-state index in [0.717, 1.165) is 22.4 Å². The molecule has 108 valence electrons. The van der Waals surface area contributed by atoms with Crippen LogP contribution in [-0.4, -0.2) is 15.7 Å². The molecule has 1 aromatic heterocycles. The fourth-order valence-electron chi connectivity index (χ4n) is 2.04. The molecule has 1 N–H and O–H groups in total. The molecule has 2 aromatic carbocycles. The molecule has 0 saturated carbocycles. The molecule has 0 aliphatic heterocycles. The zero-order valence-corrected chi connectivity index (χ0v) is 12.3. The van der Waals surface area contributed by atoms with Gasteiger partial charge in [0.1, 0.15) is 0 Å². The van der Waals surface area contributed by atoms with Gasteiger partial charge in [-0.15, -0.1) is 0 Å². The first-order valence-electron chi connectivity index (χ1n) is 7.06. The molecular formula is C18H16N4. The molecule has 0 unspecified atom stereocenters. The molecule has 1 heterocycles. The Bertz CT molecular complexity index is 750. The molecule has 0 atom stereocenters. The van der Waals surface area contributed by atoms with Crippen molar-refractivity contribution in [3.63, 3.8) is 0 Å². The van der Waals surface area contributed by atoms with Gasteiger partial charge in [-0.1, -0.05) is 60.7 Å². The quantitative estimate of drug-likeness (QED) is 0.583. The number of aromatic nitrogens is 2. The number of benzene rings is 2. The lowest BCUT2D eigenvalue weighted by atomic mass is 10.1. The van der Waals surface area contributed by atoms with Crippen molar-refractivity contribution in [2.75, 3.05) is 5.43 Å². The third kappa shape index (κ3) is 3.35. The Balaban J connectivity index is 1.72. The molecule has 0 aliphatic rings. The Labute approximate surface area is 129 Å². The van der Waals surface area contributed by atoms with Crippen LogP contribution in [0.5, 0.6) is 0 Å². The summed E-state index contributed by atoms with van der Waals surface area (Å²) in [5.74, 6) is 0.481. The lowest BCUT2D eigenvalue weighted by Gasteiger charge is -2.04. The van der Waals surface area contributed by atoms with Gasteiger partial charge in [-0.2, -0.15) is 5.10 Å². The van der Waals surface area contributed by atoms with Crippen molar-refractivity contribution in [1.82, 2.24) is 9.97 Å². The highest BCUT2D eigenvalue weighted by Gasteiger charge is 2.00. The highest BCUT2D eigenvalue weighted by Crippen LogP contribution is 2.17. The summed E-state index contributed by atoms with van der Waals surface area (Å²) < 4.78 is 0. The van der Waals surface area contributed by atoms with Gasteiger partial charge >= 0.3 is 0 Å². The van der Waals surface area contributed by atoms with Crippen LogP contribution in [0.2, 0.25) is 0 Å². The minimum absolute atomic E-state index is 0.481. The number of hydrogen-bond acceptors (Lipinski definition) is 4. The Morgan fingerprint density at radius 3 is 2.05 bits per heavy atom. The molecule has 0 bridgehead atoms. The fourth-order valence-corrected chi connectivity index (χ4v) is 2.04. The van der Waals surface area contributed by atoms with Crippen molar-refractivity contribution in [2.24, 2.45) is 5.10 Å². The molecule has 0 amide bonds. The Morgan fingerprint density at radius 1 is 0.818 bits per heavy atom. The Hall–Kier alpha value is -3.01. The highest BCUT2D eigenvalue weighted by atomic mass is 15.3. The molecule has 0 aliphatic carbocycles. The standard InChI is InChI=1S/C18H16N4/c1-14(15-8-4-2-5-9-15)21-22-18-19-12-17(13-20-18)16-10-6-3-7-11-16/h2-13H,1H3,(H,19,20,22)/b21-14+. The van der Waals surface area contributed by atoms with Gasteiger partial charge in [0.05, 0.1) is 5.71 Å². The lowest BCUT2D eigenvalue weighted by Crippen LogP contribution is -2.02. The smallest absolute Gasteiger partial charge is 0.243 e. The molecule has 0 spiro atoms. The maximum absolute atomic E-state index is 4.31. The fraction of sp³-hybridized carbons (Fsp3) is 0.0556. The number of rotatable bonds is 4. The van der Waals surface area contributed by atoms with E-state index in [2.05, 4.69) is 20.5 Å². The van der Waals surface area contributed by atoms with E-state index in [1.165, 1.54) is 0 Å². The van der Waals surface area contributed by atoms with Crippen LogP contribution in [0.4, 0.5) is 5.95 Å². The van der Waals surface area contributed by atoms with Gasteiger partial charge in [-0.3, -0.25) is 0 Å². The third-order valence-corrected chi connectivity index (χ3v) is 3.27. The van der Waals surface area contributed by atoms with E-state index < -0.39 is 0 Å². The van der Waals surface area contributed by atoms with Gasteiger partial charge in [0.2, 0.25) is 5.95 Å². The summed E-state index contributed by atoms with van der Waals surface area (Å²) >= 11 is 0. The molecular weight excluding hydrogens is 272 g/mol. The average Bonchev–Trinajstić information content (AvgIpc) is 2.61. The zero-order valence-electron chi connectivity index (χ0n) is 12.3. The summed E-state index contributed by atoms with van der Waals surface area (Å²) in [6.07, 6.45) is 3.58. The summed E-state index contributed by atoms with van der Waals surface area (Å²) in [7, 11) is 0. The van der Waals surface area contributed by atoms with Crippen molar-refractivity contribution in [2.45, 2.75) is 6.92 Å². The van der Waals surface area contributed by atoms with E-state index in [9.17, 15) is 0 Å². The lowest BCUT2D eigenvalue weighted by molar-refractivity contribution is 1.12. The molecule has 3 rings (SSSR count). The van der Waals surface area contributed by atoms with Gasteiger partial charge < -0.3 is 0 Å². The summed E-state index contributed by atoms with van der Waals surface area (Å²) in [6, 6.07) is 20.0. The number of anilines is 1. The molecule has 4 nitrogen and oxygen atoms in total. The van der Waals surface area contributed by atoms with Crippen LogP contribution in [0.1, 0.15) is 12.5 Å². The molecule has 0 saturated heterocycles. The minimum atomic E-state index is 0.481. The summed E-state index contributed by atoms with van der Waals surface area (Å²) in [5.41, 5.74) is 6.92. The number of hydrogen-bond donors (Lipinski definition) is 1. The number of hydrazone groups is 1. The second-order valence-electron chi connectivity index (χ2n) is 4.84. The largest absolute Gasteiger partial charge is 0.245 e. The van der Waals surface area contributed by atoms with E-state index in [1.807, 2.05) is 67.6 Å². The van der Waals surface area contributed by atoms with E-state index in [0.29, 0.717) is 5.95 Å². The normalized spacial score (nSPS) is 11.2. The van der Waals surface area contributed by atoms with Gasteiger partial charge in [-0.05, 0) is 18.1 Å². The first-order chi connectivity index (χ1) is 10.8. The Kier molecular flexibility index (Phi) is 4.20. The van der Waals surface area contributed by atoms with E-state index >= 15 is 0 Å². The Morgan fingerprint density at radius 2 is 1.41 bits per heavy atom. The second kappa shape index (κ2) is 6.63. The van der Waals surface area contributed by atoms with Crippen LogP contribution < -0.4 is 5.43 Å². The van der Waals surface area contributed by atoms with Crippen LogP contribution in [-0.2, 0) is 0 Å². The van der Waals surface area contributed by atoms with Crippen LogP contribution in [0, 0.1) is 0 Å². The molecule has 3 aromatic rings. The van der Waals surface area contributed by atoms with Crippen molar-refractivity contribution < 1.29 is 0 Å². The SMILES string of the molecule is C/C(=N\Nc1ncc(-c2ccccc2)cn1)c1ccccc1. The monoisotopic (exact) mass is 288 g/mol. The van der Waals surface area contributed by atoms with Gasteiger partial charge in [0.15, 0.2) is 0 Å². The van der Waals surface area contributed by atoms with Gasteiger partial charge in [0, 0.05) is 18.0 Å². The minimum Gasteiger partial charge on any atom is -0.245 e. The summed E-state index contributed by atoms with van der Waals surface area (Å²) in [4.78, 5) is 8.58. The third-order valence-electron chi connectivity index (χ3n) is 3.27. The molecule has 0 radical (unpaired) electrons. The maximum atomic E-state index is 4.31. The van der Waals surface area contributed by atoms with Crippen LogP contribution in [0.15, 0.2) is 78.2 Å². The van der Waals surface area contributed by atoms with Crippen molar-refractivity contribution in [3.05, 3.63) is 78.6 Å². The summed E-state index contributed by atoms with van der Waals surface area (Å²) in [5, 5.41) is 4.31. The van der Waals surface area contributed by atoms with Crippen LogP contribution in [0.3, 0.4) is 0 Å². The van der Waals surface area contributed by atoms with Crippen molar-refractivity contribution in [3.8, 4) is 11.1 Å². The maximum Gasteiger partial charge on any atom is 0.243 e. The predicted octanol–water partition coefficient (Wildman–Crippen LogP) is 3.98. The van der Waals surface area contributed by atoms with E-state index in [4.69, 9.17) is 0 Å². The van der Waals surface area contributed by atoms with Gasteiger partial charge in [-0.25, -0.2) is 15.4 Å². The predicted molar refractivity (Wildman–Crippen MR) is 89.7 cm³/mol. The van der Waals surface area contributed by atoms with Crippen molar-refractivity contribution >= 4 is 11.7 Å². The molecule has 4 heteroatoms. The number of nitrogens with zero attached hydrogens (tertiary/aromatic N) is 3. The second-order valence-corrected chi connectivity index (χ2v) is 4.84. The first-order valence-corrected chi connectivity index (χ1v) is 7.06. The first kappa shape index (κ1) is 13.9. The number of nitrogens with one attached hydrogen (secondary N) is 1. The van der Waals surface area contributed by atoms with Crippen molar-refractivity contribution in [1.29, 1.82) is 0 Å². The van der Waals surface area contributed by atoms with E-state index in [-0.39, 0.29) is 0 Å². The molecule has 0 fully saturated rings. The highest BCUT2D eigenvalue weighted by molar-refractivity contribution is 5.98. The average molecular weight is 288 g/mol. The molecule has 22 heavy (non-hydrogen) atoms. The van der Waals surface area contributed by atoms with Crippen LogP contribution >= 0.6 is 0 Å². The zero-order chi connectivity index (χ0) is 15.2. The van der Waals surface area contributed by atoms with Crippen LogP contribution in [0.25, 0.3) is 11.1 Å². The van der Waals surface area contributed by atoms with Gasteiger partial charge in [0.25, 0.3) is 0 Å². The topological polar surface area (TPSA) is 50.2 Å². The summed E-state index contributed by atoms with van der Waals surface area (Å²) in [6.45, 7) is 1.95. The van der Waals surface area contributed by atoms with E-state index in [1.54, 1.807) is 12.4 Å².